The summed E-state index contributed by atoms with van der Waals surface area (Å²) >= 11 is 0. The molecule has 0 radical (unpaired) electrons. The number of Topliss-reactive ketones (excluding diaryl/α,β-unsaturated/α-hetero) is 1. The maximum Gasteiger partial charge on any atom is 0.149 e. The van der Waals surface area contributed by atoms with Gasteiger partial charge in [-0.2, -0.15) is 0 Å². The van der Waals surface area contributed by atoms with Crippen molar-refractivity contribution < 1.29 is 4.79 Å². The van der Waals surface area contributed by atoms with Crippen LogP contribution in [0.5, 0.6) is 0 Å². The Morgan fingerprint density at radius 1 is 1.67 bits per heavy atom. The van der Waals surface area contributed by atoms with E-state index in [4.69, 9.17) is 5.73 Å². The largest absolute Gasteiger partial charge is 0.324 e. The minimum absolute atomic E-state index is 0.231. The molecule has 0 amide bonds. The lowest BCUT2D eigenvalue weighted by Crippen LogP contribution is -2.34. The third-order valence-corrected chi connectivity index (χ3v) is 2.23. The molecule has 2 nitrogen and oxygen atoms in total. The highest BCUT2D eigenvalue weighted by molar-refractivity contribution is 5.83. The van der Waals surface area contributed by atoms with E-state index >= 15 is 0 Å². The maximum atomic E-state index is 10.9. The second-order valence-electron chi connectivity index (χ2n) is 2.83. The average molecular weight is 127 g/mol. The normalized spacial score (nSPS) is 33.6. The minimum Gasteiger partial charge on any atom is -0.324 e. The molecule has 1 rings (SSSR count). The fraction of sp³-hybridized carbons (Fsp3) is 0.857. The first kappa shape index (κ1) is 6.75. The van der Waals surface area contributed by atoms with Crippen LogP contribution in [0.25, 0.3) is 0 Å². The molecule has 9 heavy (non-hydrogen) atoms. The summed E-state index contributed by atoms with van der Waals surface area (Å²) in [5.41, 5.74) is 5.20. The van der Waals surface area contributed by atoms with Crippen molar-refractivity contribution in [1.82, 2.24) is 0 Å². The van der Waals surface area contributed by atoms with Crippen LogP contribution in [-0.2, 0) is 4.79 Å². The zero-order valence-corrected chi connectivity index (χ0v) is 5.76. The summed E-state index contributed by atoms with van der Waals surface area (Å²) in [5.74, 6) is 1.14. The first-order valence-corrected chi connectivity index (χ1v) is 3.48. The van der Waals surface area contributed by atoms with Gasteiger partial charge in [0.05, 0.1) is 6.54 Å². The molecule has 1 fully saturated rings. The van der Waals surface area contributed by atoms with Crippen LogP contribution >= 0.6 is 0 Å². The standard InChI is InChI=1S/C7H13NO/c1-5-2-3-6(5)7(9)4-8/h5-6H,2-4,8H2,1H3. The molecule has 0 aliphatic heterocycles. The van der Waals surface area contributed by atoms with Crippen LogP contribution in [0.3, 0.4) is 0 Å². The first-order chi connectivity index (χ1) is 4.25. The van der Waals surface area contributed by atoms with Gasteiger partial charge in [-0.3, -0.25) is 4.79 Å². The summed E-state index contributed by atoms with van der Waals surface area (Å²) in [5, 5.41) is 0. The second kappa shape index (κ2) is 2.48. The second-order valence-corrected chi connectivity index (χ2v) is 2.83. The van der Waals surface area contributed by atoms with Gasteiger partial charge >= 0.3 is 0 Å². The molecule has 0 spiro atoms. The number of ketones is 1. The Morgan fingerprint density at radius 3 is 2.44 bits per heavy atom. The Kier molecular flexibility index (Phi) is 1.86. The van der Waals surface area contributed by atoms with E-state index in [2.05, 4.69) is 6.92 Å². The van der Waals surface area contributed by atoms with Crippen LogP contribution in [0.15, 0.2) is 0 Å². The zero-order valence-electron chi connectivity index (χ0n) is 5.76. The number of hydrogen-bond acceptors (Lipinski definition) is 2. The van der Waals surface area contributed by atoms with Gasteiger partial charge in [0, 0.05) is 5.92 Å². The molecule has 0 saturated heterocycles. The van der Waals surface area contributed by atoms with Gasteiger partial charge in [-0.1, -0.05) is 6.92 Å². The molecule has 2 unspecified atom stereocenters. The van der Waals surface area contributed by atoms with Crippen LogP contribution in [-0.4, -0.2) is 12.3 Å². The predicted octanol–water partition coefficient (Wildman–Crippen LogP) is 0.560. The summed E-state index contributed by atoms with van der Waals surface area (Å²) in [6.45, 7) is 2.34. The predicted molar refractivity (Wildman–Crippen MR) is 35.9 cm³/mol. The summed E-state index contributed by atoms with van der Waals surface area (Å²) < 4.78 is 0. The average Bonchev–Trinajstić information content (AvgIpc) is 1.84. The third-order valence-electron chi connectivity index (χ3n) is 2.23. The van der Waals surface area contributed by atoms with Crippen molar-refractivity contribution >= 4 is 5.78 Å². The molecule has 0 heterocycles. The molecule has 1 saturated carbocycles. The number of rotatable bonds is 2. The van der Waals surface area contributed by atoms with Crippen LogP contribution in [0.1, 0.15) is 19.8 Å². The SMILES string of the molecule is CC1CCC1C(=O)CN. The lowest BCUT2D eigenvalue weighted by molar-refractivity contribution is -0.126. The Morgan fingerprint density at radius 2 is 2.33 bits per heavy atom. The van der Waals surface area contributed by atoms with Crippen molar-refractivity contribution in [2.45, 2.75) is 19.8 Å². The van der Waals surface area contributed by atoms with Crippen LogP contribution < -0.4 is 5.73 Å². The molecule has 2 atom stereocenters. The van der Waals surface area contributed by atoms with Crippen molar-refractivity contribution in [3.8, 4) is 0 Å². The Bertz CT molecular complexity index is 122. The van der Waals surface area contributed by atoms with E-state index in [1.165, 1.54) is 6.42 Å². The smallest absolute Gasteiger partial charge is 0.149 e. The van der Waals surface area contributed by atoms with Gasteiger partial charge < -0.3 is 5.73 Å². The summed E-state index contributed by atoms with van der Waals surface area (Å²) in [6, 6.07) is 0. The Hall–Kier alpha value is -0.370. The topological polar surface area (TPSA) is 43.1 Å². The van der Waals surface area contributed by atoms with Crippen LogP contribution in [0, 0.1) is 11.8 Å². The van der Waals surface area contributed by atoms with Crippen LogP contribution in [0.4, 0.5) is 0 Å². The van der Waals surface area contributed by atoms with Gasteiger partial charge in [-0.25, -0.2) is 0 Å². The van der Waals surface area contributed by atoms with Gasteiger partial charge in [-0.05, 0) is 18.8 Å². The van der Waals surface area contributed by atoms with Gasteiger partial charge in [0.15, 0.2) is 0 Å². The van der Waals surface area contributed by atoms with E-state index in [0.29, 0.717) is 11.8 Å². The van der Waals surface area contributed by atoms with Crippen molar-refractivity contribution in [3.63, 3.8) is 0 Å². The molecule has 2 heteroatoms. The van der Waals surface area contributed by atoms with Crippen molar-refractivity contribution in [3.05, 3.63) is 0 Å². The highest BCUT2D eigenvalue weighted by Gasteiger charge is 2.31. The highest BCUT2D eigenvalue weighted by atomic mass is 16.1. The Balaban J connectivity index is 2.35. The lowest BCUT2D eigenvalue weighted by Gasteiger charge is -2.31. The van der Waals surface area contributed by atoms with E-state index in [1.54, 1.807) is 0 Å². The number of nitrogens with two attached hydrogens (primary N) is 1. The summed E-state index contributed by atoms with van der Waals surface area (Å²) in [6.07, 6.45) is 2.27. The maximum absolute atomic E-state index is 10.9. The number of carbonyl (C=O) groups is 1. The molecule has 1 aliphatic carbocycles. The molecule has 0 aromatic heterocycles. The molecule has 0 bridgehead atoms. The van der Waals surface area contributed by atoms with E-state index in [-0.39, 0.29) is 12.3 Å². The van der Waals surface area contributed by atoms with E-state index in [0.717, 1.165) is 6.42 Å². The third kappa shape index (κ3) is 1.13. The quantitative estimate of drug-likeness (QED) is 0.589. The van der Waals surface area contributed by atoms with Gasteiger partial charge in [-0.15, -0.1) is 0 Å². The molecule has 52 valence electrons. The van der Waals surface area contributed by atoms with E-state index in [1.807, 2.05) is 0 Å². The van der Waals surface area contributed by atoms with Crippen molar-refractivity contribution in [1.29, 1.82) is 0 Å². The lowest BCUT2D eigenvalue weighted by atomic mass is 9.72. The van der Waals surface area contributed by atoms with E-state index in [9.17, 15) is 4.79 Å². The van der Waals surface area contributed by atoms with Crippen molar-refractivity contribution in [2.24, 2.45) is 17.6 Å². The fourth-order valence-electron chi connectivity index (χ4n) is 1.30. The molecular weight excluding hydrogens is 114 g/mol. The molecule has 0 aromatic rings. The van der Waals surface area contributed by atoms with Gasteiger partial charge in [0.2, 0.25) is 0 Å². The fourth-order valence-corrected chi connectivity index (χ4v) is 1.30. The molecular formula is C7H13NO. The highest BCUT2D eigenvalue weighted by Crippen LogP contribution is 2.33. The van der Waals surface area contributed by atoms with Gasteiger partial charge in [0.1, 0.15) is 5.78 Å². The number of carbonyl (C=O) groups excluding carboxylic acids is 1. The molecule has 2 N–H and O–H groups in total. The van der Waals surface area contributed by atoms with Crippen molar-refractivity contribution in [2.75, 3.05) is 6.54 Å². The summed E-state index contributed by atoms with van der Waals surface area (Å²) in [4.78, 5) is 10.9. The van der Waals surface area contributed by atoms with Crippen LogP contribution in [0.2, 0.25) is 0 Å². The Labute approximate surface area is 55.4 Å². The monoisotopic (exact) mass is 127 g/mol. The zero-order chi connectivity index (χ0) is 6.85. The van der Waals surface area contributed by atoms with E-state index < -0.39 is 0 Å². The number of hydrogen-bond donors (Lipinski definition) is 1. The first-order valence-electron chi connectivity index (χ1n) is 3.48. The minimum atomic E-state index is 0.231. The summed E-state index contributed by atoms with van der Waals surface area (Å²) in [7, 11) is 0. The molecule has 1 aliphatic rings. The molecule has 0 aromatic carbocycles. The van der Waals surface area contributed by atoms with Gasteiger partial charge in [0.25, 0.3) is 0 Å².